The van der Waals surface area contributed by atoms with Crippen LogP contribution in [0.4, 0.5) is 0 Å². The summed E-state index contributed by atoms with van der Waals surface area (Å²) in [5, 5.41) is 0. The third-order valence-corrected chi connectivity index (χ3v) is 5.37. The van der Waals surface area contributed by atoms with E-state index in [1.54, 1.807) is 0 Å². The molecule has 0 aromatic heterocycles. The van der Waals surface area contributed by atoms with Gasteiger partial charge in [-0.2, -0.15) is 0 Å². The first-order chi connectivity index (χ1) is 10.7. The molecule has 0 heterocycles. The second-order valence-corrected chi connectivity index (χ2v) is 6.69. The Morgan fingerprint density at radius 1 is 1.09 bits per heavy atom. The summed E-state index contributed by atoms with van der Waals surface area (Å²) in [7, 11) is 0. The predicted molar refractivity (Wildman–Crippen MR) is 90.3 cm³/mol. The number of hydrogen-bond acceptors (Lipinski definition) is 1. The lowest BCUT2D eigenvalue weighted by Crippen LogP contribution is -2.46. The summed E-state index contributed by atoms with van der Waals surface area (Å²) >= 11 is 0. The first-order valence-corrected chi connectivity index (χ1v) is 8.45. The quantitative estimate of drug-likeness (QED) is 0.892. The van der Waals surface area contributed by atoms with Crippen LogP contribution in [0.1, 0.15) is 44.1 Å². The fourth-order valence-corrected chi connectivity index (χ4v) is 4.16. The van der Waals surface area contributed by atoms with Crippen LogP contribution in [0, 0.1) is 11.8 Å². The summed E-state index contributed by atoms with van der Waals surface area (Å²) in [4.78, 5) is 12.5. The van der Waals surface area contributed by atoms with Crippen LogP contribution in [0.25, 0.3) is 0 Å². The zero-order chi connectivity index (χ0) is 15.4. The van der Waals surface area contributed by atoms with E-state index in [1.165, 1.54) is 32.1 Å². The molecule has 1 saturated carbocycles. The summed E-state index contributed by atoms with van der Waals surface area (Å²) in [5.74, 6) is 0.651. The van der Waals surface area contributed by atoms with Crippen LogP contribution in [0.2, 0.25) is 0 Å². The van der Waals surface area contributed by atoms with Crippen LogP contribution >= 0.6 is 0 Å². The molecule has 2 unspecified atom stereocenters. The summed E-state index contributed by atoms with van der Waals surface area (Å²) in [6.07, 6.45) is 15.9. The van der Waals surface area contributed by atoms with Gasteiger partial charge in [0.25, 0.3) is 0 Å². The molecule has 0 spiro atoms. The van der Waals surface area contributed by atoms with Gasteiger partial charge in [-0.25, -0.2) is 0 Å². The minimum absolute atomic E-state index is 0.167. The van der Waals surface area contributed by atoms with E-state index in [0.717, 1.165) is 17.9 Å². The van der Waals surface area contributed by atoms with Gasteiger partial charge >= 0.3 is 0 Å². The molecule has 2 aliphatic rings. The van der Waals surface area contributed by atoms with Crippen LogP contribution in [-0.4, -0.2) is 5.91 Å². The number of carbonyl (C=O) groups is 1. The molecule has 2 aliphatic carbocycles. The molecular weight excluding hydrogens is 270 g/mol. The highest BCUT2D eigenvalue weighted by Gasteiger charge is 2.44. The maximum absolute atomic E-state index is 12.5. The van der Waals surface area contributed by atoms with Crippen molar-refractivity contribution in [3.05, 3.63) is 60.2 Å². The van der Waals surface area contributed by atoms with Crippen molar-refractivity contribution >= 4 is 5.91 Å². The van der Waals surface area contributed by atoms with Crippen molar-refractivity contribution in [2.75, 3.05) is 0 Å². The van der Waals surface area contributed by atoms with Crippen LogP contribution < -0.4 is 5.73 Å². The third kappa shape index (κ3) is 2.75. The first kappa shape index (κ1) is 15.1. The molecule has 0 saturated heterocycles. The molecular formula is C20H25NO. The van der Waals surface area contributed by atoms with Gasteiger partial charge in [-0.05, 0) is 23.8 Å². The van der Waals surface area contributed by atoms with E-state index in [0.29, 0.717) is 0 Å². The number of hydrogen-bond donors (Lipinski definition) is 1. The molecule has 1 aromatic carbocycles. The number of allylic oxidation sites excluding steroid dienone is 3. The Bertz CT molecular complexity index is 569. The Labute approximate surface area is 133 Å². The normalized spacial score (nSPS) is 28.6. The van der Waals surface area contributed by atoms with Gasteiger partial charge in [0.2, 0.25) is 5.91 Å². The molecule has 22 heavy (non-hydrogen) atoms. The third-order valence-electron chi connectivity index (χ3n) is 5.37. The van der Waals surface area contributed by atoms with Crippen LogP contribution in [0.15, 0.2) is 54.6 Å². The van der Waals surface area contributed by atoms with E-state index in [9.17, 15) is 4.79 Å². The molecule has 0 aliphatic heterocycles. The second kappa shape index (κ2) is 6.51. The van der Waals surface area contributed by atoms with Gasteiger partial charge in [-0.1, -0.05) is 86.7 Å². The number of rotatable bonds is 4. The Morgan fingerprint density at radius 2 is 1.82 bits per heavy atom. The van der Waals surface area contributed by atoms with E-state index >= 15 is 0 Å². The van der Waals surface area contributed by atoms with Gasteiger partial charge in [0.1, 0.15) is 0 Å². The molecule has 1 aromatic rings. The molecule has 2 nitrogen and oxygen atoms in total. The van der Waals surface area contributed by atoms with Crippen LogP contribution in [-0.2, 0) is 10.2 Å². The maximum atomic E-state index is 12.5. The highest BCUT2D eigenvalue weighted by atomic mass is 16.1. The number of carbonyl (C=O) groups excluding carboxylic acids is 1. The molecule has 3 rings (SSSR count). The molecule has 0 radical (unpaired) electrons. The Balaban J connectivity index is 1.93. The van der Waals surface area contributed by atoms with Crippen LogP contribution in [0.5, 0.6) is 0 Å². The predicted octanol–water partition coefficient (Wildman–Crippen LogP) is 4.12. The monoisotopic (exact) mass is 295 g/mol. The molecule has 1 amide bonds. The van der Waals surface area contributed by atoms with Crippen molar-refractivity contribution < 1.29 is 4.79 Å². The van der Waals surface area contributed by atoms with Crippen LogP contribution in [0.3, 0.4) is 0 Å². The van der Waals surface area contributed by atoms with Gasteiger partial charge in [-0.3, -0.25) is 4.79 Å². The van der Waals surface area contributed by atoms with E-state index < -0.39 is 5.41 Å². The fourth-order valence-electron chi connectivity index (χ4n) is 4.16. The SMILES string of the molecule is NC(=O)C1(c2ccccc2)C=CC=CC1CC1CCCCC1. The average molecular weight is 295 g/mol. The van der Waals surface area contributed by atoms with Gasteiger partial charge < -0.3 is 5.73 Å². The van der Waals surface area contributed by atoms with Crippen molar-refractivity contribution in [2.24, 2.45) is 17.6 Å². The van der Waals surface area contributed by atoms with Gasteiger partial charge in [0.05, 0.1) is 5.41 Å². The van der Waals surface area contributed by atoms with Crippen molar-refractivity contribution in [2.45, 2.75) is 43.9 Å². The van der Waals surface area contributed by atoms with Gasteiger partial charge in [-0.15, -0.1) is 0 Å². The lowest BCUT2D eigenvalue weighted by molar-refractivity contribution is -0.123. The lowest BCUT2D eigenvalue weighted by atomic mass is 9.64. The van der Waals surface area contributed by atoms with Gasteiger partial charge in [0, 0.05) is 0 Å². The molecule has 0 bridgehead atoms. The fraction of sp³-hybridized carbons (Fsp3) is 0.450. The van der Waals surface area contributed by atoms with Crippen molar-refractivity contribution in [1.29, 1.82) is 0 Å². The van der Waals surface area contributed by atoms with E-state index in [4.69, 9.17) is 5.73 Å². The number of amides is 1. The molecule has 2 atom stereocenters. The zero-order valence-electron chi connectivity index (χ0n) is 13.1. The zero-order valence-corrected chi connectivity index (χ0v) is 13.1. The standard InChI is InChI=1S/C20H25NO/c21-19(22)20(17-11-5-2-6-12-17)14-8-7-13-18(20)15-16-9-3-1-4-10-16/h2,5-8,11-14,16,18H,1,3-4,9-10,15H2,(H2,21,22). The topological polar surface area (TPSA) is 43.1 Å². The first-order valence-electron chi connectivity index (χ1n) is 8.45. The van der Waals surface area contributed by atoms with Crippen molar-refractivity contribution in [1.82, 2.24) is 0 Å². The van der Waals surface area contributed by atoms with E-state index in [1.807, 2.05) is 42.5 Å². The van der Waals surface area contributed by atoms with E-state index in [2.05, 4.69) is 12.2 Å². The second-order valence-electron chi connectivity index (χ2n) is 6.69. The largest absolute Gasteiger partial charge is 0.369 e. The Morgan fingerprint density at radius 3 is 2.50 bits per heavy atom. The highest BCUT2D eigenvalue weighted by Crippen LogP contribution is 2.42. The van der Waals surface area contributed by atoms with Crippen molar-refractivity contribution in [3.63, 3.8) is 0 Å². The Kier molecular flexibility index (Phi) is 4.47. The Hall–Kier alpha value is -1.83. The summed E-state index contributed by atoms with van der Waals surface area (Å²) < 4.78 is 0. The molecule has 1 fully saturated rings. The number of benzene rings is 1. The summed E-state index contributed by atoms with van der Waals surface area (Å²) in [6.45, 7) is 0. The average Bonchev–Trinajstić information content (AvgIpc) is 2.57. The van der Waals surface area contributed by atoms with Gasteiger partial charge in [0.15, 0.2) is 0 Å². The minimum Gasteiger partial charge on any atom is -0.369 e. The minimum atomic E-state index is -0.687. The molecule has 2 N–H and O–H groups in total. The smallest absolute Gasteiger partial charge is 0.232 e. The summed E-state index contributed by atoms with van der Waals surface area (Å²) in [5.41, 5.74) is 6.24. The van der Waals surface area contributed by atoms with E-state index in [-0.39, 0.29) is 11.8 Å². The maximum Gasteiger partial charge on any atom is 0.232 e. The highest BCUT2D eigenvalue weighted by molar-refractivity contribution is 5.90. The molecule has 2 heteroatoms. The van der Waals surface area contributed by atoms with Crippen molar-refractivity contribution in [3.8, 4) is 0 Å². The number of nitrogens with two attached hydrogens (primary N) is 1. The number of primary amides is 1. The lowest BCUT2D eigenvalue weighted by Gasteiger charge is -2.39. The molecule has 116 valence electrons. The summed E-state index contributed by atoms with van der Waals surface area (Å²) in [6, 6.07) is 10.0.